The highest BCUT2D eigenvalue weighted by molar-refractivity contribution is 7.89. The van der Waals surface area contributed by atoms with Crippen molar-refractivity contribution < 1.29 is 17.9 Å². The van der Waals surface area contributed by atoms with E-state index in [1.54, 1.807) is 23.1 Å². The summed E-state index contributed by atoms with van der Waals surface area (Å²) in [4.78, 5) is 16.7. The molecule has 2 atom stereocenters. The van der Waals surface area contributed by atoms with Crippen molar-refractivity contribution in [1.29, 1.82) is 0 Å². The number of aromatic nitrogens is 3. The van der Waals surface area contributed by atoms with Gasteiger partial charge in [-0.3, -0.25) is 9.48 Å². The Morgan fingerprint density at radius 3 is 2.43 bits per heavy atom. The zero-order valence-electron chi connectivity index (χ0n) is 16.6. The second-order valence-corrected chi connectivity index (χ2v) is 8.32. The summed E-state index contributed by atoms with van der Waals surface area (Å²) in [5, 5.41) is 6.97. The minimum Gasteiger partial charge on any atom is -0.497 e. The number of nitrogens with zero attached hydrogens (tertiary/aromatic N) is 3. The van der Waals surface area contributed by atoms with Crippen LogP contribution in [0.2, 0.25) is 0 Å². The van der Waals surface area contributed by atoms with Crippen LogP contribution in [0, 0.1) is 0 Å². The number of hydrogen-bond donors (Lipinski definition) is 2. The number of carbonyl (C=O) groups excluding carboxylic acids is 1. The molecule has 0 aliphatic rings. The lowest BCUT2D eigenvalue weighted by Gasteiger charge is -2.22. The van der Waals surface area contributed by atoms with Crippen molar-refractivity contribution in [2.45, 2.75) is 30.4 Å². The molecule has 0 aliphatic heterocycles. The van der Waals surface area contributed by atoms with Crippen LogP contribution in [0.25, 0.3) is 0 Å². The Kier molecular flexibility index (Phi) is 6.80. The van der Waals surface area contributed by atoms with Crippen LogP contribution in [0.1, 0.15) is 18.5 Å². The van der Waals surface area contributed by atoms with Crippen LogP contribution in [0.5, 0.6) is 5.75 Å². The van der Waals surface area contributed by atoms with Crippen molar-refractivity contribution in [2.75, 3.05) is 7.11 Å². The van der Waals surface area contributed by atoms with Gasteiger partial charge in [-0.25, -0.2) is 13.4 Å². The topological polar surface area (TPSA) is 115 Å². The summed E-state index contributed by atoms with van der Waals surface area (Å²) in [6.45, 7) is 1.85. The highest BCUT2D eigenvalue weighted by Gasteiger charge is 2.24. The Bertz CT molecular complexity index is 1050. The minimum atomic E-state index is -3.87. The van der Waals surface area contributed by atoms with Gasteiger partial charge in [0.1, 0.15) is 18.4 Å². The van der Waals surface area contributed by atoms with Gasteiger partial charge in [0.15, 0.2) is 0 Å². The third kappa shape index (κ3) is 5.43. The second kappa shape index (κ2) is 9.51. The SMILES string of the molecule is COc1ccc(S(=O)(=O)N[C@@H](C)C(=O)NC(Cn2cncn2)c2ccccc2)cc1. The van der Waals surface area contributed by atoms with Gasteiger partial charge in [-0.15, -0.1) is 0 Å². The highest BCUT2D eigenvalue weighted by atomic mass is 32.2. The summed E-state index contributed by atoms with van der Waals surface area (Å²) >= 11 is 0. The van der Waals surface area contributed by atoms with E-state index < -0.39 is 28.0 Å². The van der Waals surface area contributed by atoms with Crippen molar-refractivity contribution >= 4 is 15.9 Å². The lowest BCUT2D eigenvalue weighted by molar-refractivity contribution is -0.123. The largest absolute Gasteiger partial charge is 0.497 e. The fourth-order valence-electron chi connectivity index (χ4n) is 2.84. The van der Waals surface area contributed by atoms with Crippen LogP contribution in [0.4, 0.5) is 0 Å². The molecule has 30 heavy (non-hydrogen) atoms. The Balaban J connectivity index is 1.71. The van der Waals surface area contributed by atoms with Gasteiger partial charge in [-0.05, 0) is 36.8 Å². The first kappa shape index (κ1) is 21.5. The van der Waals surface area contributed by atoms with Gasteiger partial charge in [-0.2, -0.15) is 9.82 Å². The monoisotopic (exact) mass is 429 g/mol. The Morgan fingerprint density at radius 1 is 1.13 bits per heavy atom. The van der Waals surface area contributed by atoms with Crippen LogP contribution >= 0.6 is 0 Å². The molecular formula is C20H23N5O4S. The number of hydrogen-bond acceptors (Lipinski definition) is 6. The van der Waals surface area contributed by atoms with Crippen LogP contribution in [-0.2, 0) is 21.4 Å². The van der Waals surface area contributed by atoms with Crippen molar-refractivity contribution in [3.8, 4) is 5.75 Å². The molecule has 9 nitrogen and oxygen atoms in total. The first-order valence-electron chi connectivity index (χ1n) is 9.23. The minimum absolute atomic E-state index is 0.0465. The normalized spacial score (nSPS) is 13.4. The standard InChI is InChI=1S/C20H23N5O4S/c1-15(24-30(27,28)18-10-8-17(29-2)9-11-18)20(26)23-19(12-25-14-21-13-22-25)16-6-4-3-5-7-16/h3-11,13-15,19,24H,12H2,1-2H3,(H,23,26)/t15-,19?/m0/s1. The van der Waals surface area contributed by atoms with E-state index in [0.29, 0.717) is 12.3 Å². The lowest BCUT2D eigenvalue weighted by Crippen LogP contribution is -2.46. The van der Waals surface area contributed by atoms with Crippen LogP contribution in [0.15, 0.2) is 72.1 Å². The molecular weight excluding hydrogens is 406 g/mol. The van der Waals surface area contributed by atoms with E-state index in [9.17, 15) is 13.2 Å². The molecule has 0 saturated carbocycles. The third-order valence-corrected chi connectivity index (χ3v) is 6.01. The number of methoxy groups -OCH3 is 1. The summed E-state index contributed by atoms with van der Waals surface area (Å²) in [7, 11) is -2.38. The summed E-state index contributed by atoms with van der Waals surface area (Å²) in [6, 6.07) is 13.9. The predicted octanol–water partition coefficient (Wildman–Crippen LogP) is 1.51. The molecule has 0 radical (unpaired) electrons. The number of rotatable bonds is 9. The van der Waals surface area contributed by atoms with Crippen LogP contribution in [-0.4, -0.2) is 42.2 Å². The molecule has 3 rings (SSSR count). The predicted molar refractivity (Wildman–Crippen MR) is 110 cm³/mol. The third-order valence-electron chi connectivity index (χ3n) is 4.45. The molecule has 2 aromatic carbocycles. The van der Waals surface area contributed by atoms with Crippen molar-refractivity contribution in [3.63, 3.8) is 0 Å². The number of ether oxygens (including phenoxy) is 1. The number of nitrogens with one attached hydrogen (secondary N) is 2. The average molecular weight is 430 g/mol. The van der Waals surface area contributed by atoms with E-state index in [2.05, 4.69) is 20.1 Å². The summed E-state index contributed by atoms with van der Waals surface area (Å²) in [6.07, 6.45) is 2.97. The Hall–Kier alpha value is -3.24. The van der Waals surface area contributed by atoms with E-state index in [0.717, 1.165) is 5.56 Å². The molecule has 1 heterocycles. The molecule has 1 amide bonds. The zero-order chi connectivity index (χ0) is 21.6. The second-order valence-electron chi connectivity index (χ2n) is 6.61. The van der Waals surface area contributed by atoms with Gasteiger partial charge in [0.2, 0.25) is 15.9 Å². The summed E-state index contributed by atoms with van der Waals surface area (Å²) in [5.74, 6) is 0.0830. The molecule has 2 N–H and O–H groups in total. The number of carbonyl (C=O) groups is 1. The molecule has 10 heteroatoms. The first-order chi connectivity index (χ1) is 14.4. The van der Waals surface area contributed by atoms with Crippen LogP contribution < -0.4 is 14.8 Å². The van der Waals surface area contributed by atoms with Gasteiger partial charge in [-0.1, -0.05) is 30.3 Å². The van der Waals surface area contributed by atoms with Gasteiger partial charge in [0.05, 0.1) is 30.6 Å². The molecule has 0 bridgehead atoms. The maximum Gasteiger partial charge on any atom is 0.241 e. The number of sulfonamides is 1. The van der Waals surface area contributed by atoms with E-state index in [4.69, 9.17) is 4.74 Å². The number of benzene rings is 2. The summed E-state index contributed by atoms with van der Waals surface area (Å²) in [5.41, 5.74) is 0.867. The van der Waals surface area contributed by atoms with Gasteiger partial charge >= 0.3 is 0 Å². The molecule has 0 spiro atoms. The molecule has 3 aromatic rings. The van der Waals surface area contributed by atoms with E-state index in [1.807, 2.05) is 30.3 Å². The van der Waals surface area contributed by atoms with Crippen molar-refractivity contribution in [1.82, 2.24) is 24.8 Å². The number of amides is 1. The fraction of sp³-hybridized carbons (Fsp3) is 0.250. The molecule has 0 fully saturated rings. The van der Waals surface area contributed by atoms with Crippen LogP contribution in [0.3, 0.4) is 0 Å². The maximum absolute atomic E-state index is 12.8. The van der Waals surface area contributed by atoms with E-state index in [1.165, 1.54) is 32.5 Å². The molecule has 0 saturated heterocycles. The summed E-state index contributed by atoms with van der Waals surface area (Å²) < 4.78 is 34.3. The quantitative estimate of drug-likeness (QED) is 0.533. The van der Waals surface area contributed by atoms with Gasteiger partial charge in [0.25, 0.3) is 0 Å². The smallest absolute Gasteiger partial charge is 0.241 e. The molecule has 1 aromatic heterocycles. The van der Waals surface area contributed by atoms with Gasteiger partial charge < -0.3 is 10.1 Å². The highest BCUT2D eigenvalue weighted by Crippen LogP contribution is 2.17. The van der Waals surface area contributed by atoms with Crippen molar-refractivity contribution in [3.05, 3.63) is 72.8 Å². The first-order valence-corrected chi connectivity index (χ1v) is 10.7. The fourth-order valence-corrected chi connectivity index (χ4v) is 4.04. The molecule has 1 unspecified atom stereocenters. The Labute approximate surface area is 175 Å². The lowest BCUT2D eigenvalue weighted by atomic mass is 10.1. The average Bonchev–Trinajstić information content (AvgIpc) is 3.26. The maximum atomic E-state index is 12.8. The zero-order valence-corrected chi connectivity index (χ0v) is 17.4. The van der Waals surface area contributed by atoms with Gasteiger partial charge in [0, 0.05) is 0 Å². The van der Waals surface area contributed by atoms with E-state index in [-0.39, 0.29) is 4.90 Å². The molecule has 158 valence electrons. The van der Waals surface area contributed by atoms with E-state index >= 15 is 0 Å². The van der Waals surface area contributed by atoms with Crippen molar-refractivity contribution in [2.24, 2.45) is 0 Å². The Morgan fingerprint density at radius 2 is 1.83 bits per heavy atom. The molecule has 0 aliphatic carbocycles.